The number of fused-ring (bicyclic) bond motifs is 1. The van der Waals surface area contributed by atoms with Gasteiger partial charge in [0.1, 0.15) is 12.2 Å². The SMILES string of the molecule is CCC(CC)OC1C=C(CCOC=O)CC2OC12. The van der Waals surface area contributed by atoms with Gasteiger partial charge < -0.3 is 14.2 Å². The average molecular weight is 254 g/mol. The van der Waals surface area contributed by atoms with Crippen LogP contribution in [0.2, 0.25) is 0 Å². The smallest absolute Gasteiger partial charge is 0.293 e. The molecule has 18 heavy (non-hydrogen) atoms. The summed E-state index contributed by atoms with van der Waals surface area (Å²) in [5.41, 5.74) is 1.28. The molecular weight excluding hydrogens is 232 g/mol. The molecule has 1 aliphatic heterocycles. The van der Waals surface area contributed by atoms with Crippen LogP contribution in [-0.4, -0.2) is 37.5 Å². The lowest BCUT2D eigenvalue weighted by Gasteiger charge is -2.23. The maximum Gasteiger partial charge on any atom is 0.293 e. The van der Waals surface area contributed by atoms with E-state index in [0.29, 0.717) is 25.3 Å². The number of hydrogen-bond acceptors (Lipinski definition) is 4. The largest absolute Gasteiger partial charge is 0.468 e. The van der Waals surface area contributed by atoms with E-state index >= 15 is 0 Å². The lowest BCUT2D eigenvalue weighted by atomic mass is 9.95. The first kappa shape index (κ1) is 13.6. The Morgan fingerprint density at radius 1 is 1.50 bits per heavy atom. The van der Waals surface area contributed by atoms with E-state index in [9.17, 15) is 4.79 Å². The Kier molecular flexibility index (Phi) is 4.78. The Labute approximate surface area is 108 Å². The summed E-state index contributed by atoms with van der Waals surface area (Å²) in [5, 5.41) is 0. The molecule has 102 valence electrons. The second kappa shape index (κ2) is 6.34. The van der Waals surface area contributed by atoms with Gasteiger partial charge in [-0.25, -0.2) is 0 Å². The first-order valence-electron chi connectivity index (χ1n) is 6.84. The minimum Gasteiger partial charge on any atom is -0.468 e. The summed E-state index contributed by atoms with van der Waals surface area (Å²) in [6.07, 6.45) is 6.93. The molecule has 0 amide bonds. The molecule has 4 heteroatoms. The zero-order valence-electron chi connectivity index (χ0n) is 11.1. The van der Waals surface area contributed by atoms with Gasteiger partial charge in [0.15, 0.2) is 0 Å². The van der Waals surface area contributed by atoms with Crippen LogP contribution in [0.5, 0.6) is 0 Å². The zero-order valence-corrected chi connectivity index (χ0v) is 11.1. The molecule has 3 unspecified atom stereocenters. The van der Waals surface area contributed by atoms with Gasteiger partial charge in [0, 0.05) is 6.42 Å². The van der Waals surface area contributed by atoms with Gasteiger partial charge in [-0.3, -0.25) is 4.79 Å². The first-order valence-corrected chi connectivity index (χ1v) is 6.84. The number of epoxide rings is 1. The molecule has 2 aliphatic rings. The van der Waals surface area contributed by atoms with E-state index in [1.807, 2.05) is 0 Å². The average Bonchev–Trinajstić information content (AvgIpc) is 3.15. The summed E-state index contributed by atoms with van der Waals surface area (Å²) in [5.74, 6) is 0. The highest BCUT2D eigenvalue weighted by Crippen LogP contribution is 2.39. The highest BCUT2D eigenvalue weighted by molar-refractivity contribution is 5.37. The Balaban J connectivity index is 1.88. The molecule has 0 radical (unpaired) electrons. The highest BCUT2D eigenvalue weighted by atomic mass is 16.6. The van der Waals surface area contributed by atoms with E-state index in [4.69, 9.17) is 14.2 Å². The Bertz CT molecular complexity index is 309. The molecule has 1 aliphatic carbocycles. The van der Waals surface area contributed by atoms with Gasteiger partial charge in [0.2, 0.25) is 0 Å². The zero-order chi connectivity index (χ0) is 13.0. The van der Waals surface area contributed by atoms with E-state index in [-0.39, 0.29) is 12.2 Å². The fourth-order valence-corrected chi connectivity index (χ4v) is 2.51. The molecule has 0 saturated carbocycles. The lowest BCUT2D eigenvalue weighted by molar-refractivity contribution is -0.128. The number of carbonyl (C=O) groups is 1. The van der Waals surface area contributed by atoms with Crippen LogP contribution in [0.4, 0.5) is 0 Å². The second-order valence-corrected chi connectivity index (χ2v) is 4.92. The van der Waals surface area contributed by atoms with Gasteiger partial charge in [0.05, 0.1) is 18.8 Å². The van der Waals surface area contributed by atoms with Crippen LogP contribution < -0.4 is 0 Å². The van der Waals surface area contributed by atoms with Crippen molar-refractivity contribution in [3.05, 3.63) is 11.6 Å². The van der Waals surface area contributed by atoms with Crippen molar-refractivity contribution < 1.29 is 19.0 Å². The normalized spacial score (nSPS) is 29.7. The third-order valence-electron chi connectivity index (χ3n) is 3.68. The minimum atomic E-state index is 0.0832. The van der Waals surface area contributed by atoms with E-state index < -0.39 is 0 Å². The summed E-state index contributed by atoms with van der Waals surface area (Å²) in [6.45, 7) is 5.23. The molecular formula is C14H22O4. The molecule has 1 fully saturated rings. The van der Waals surface area contributed by atoms with Crippen LogP contribution in [0, 0.1) is 0 Å². The number of ether oxygens (including phenoxy) is 3. The lowest BCUT2D eigenvalue weighted by Crippen LogP contribution is -2.28. The van der Waals surface area contributed by atoms with Gasteiger partial charge in [-0.2, -0.15) is 0 Å². The summed E-state index contributed by atoms with van der Waals surface area (Å²) in [7, 11) is 0. The third-order valence-corrected chi connectivity index (χ3v) is 3.68. The third kappa shape index (κ3) is 3.33. The van der Waals surface area contributed by atoms with Gasteiger partial charge in [-0.05, 0) is 19.3 Å². The van der Waals surface area contributed by atoms with Crippen molar-refractivity contribution >= 4 is 6.47 Å². The van der Waals surface area contributed by atoms with Crippen molar-refractivity contribution in [2.45, 2.75) is 63.9 Å². The van der Waals surface area contributed by atoms with Crippen LogP contribution in [0.3, 0.4) is 0 Å². The predicted molar refractivity (Wildman–Crippen MR) is 67.2 cm³/mol. The van der Waals surface area contributed by atoms with Crippen molar-refractivity contribution in [2.75, 3.05) is 6.61 Å². The van der Waals surface area contributed by atoms with Crippen molar-refractivity contribution in [3.8, 4) is 0 Å². The monoisotopic (exact) mass is 254 g/mol. The number of carbonyl (C=O) groups excluding carboxylic acids is 1. The predicted octanol–water partition coefficient (Wildman–Crippen LogP) is 2.22. The van der Waals surface area contributed by atoms with Gasteiger partial charge in [0.25, 0.3) is 6.47 Å². The standard InChI is InChI=1S/C14H22O4/c1-3-11(4-2)17-12-7-10(5-6-16-9-15)8-13-14(12)18-13/h7,9,11-14H,3-6,8H2,1-2H3. The van der Waals surface area contributed by atoms with E-state index in [1.165, 1.54) is 5.57 Å². The topological polar surface area (TPSA) is 48.1 Å². The second-order valence-electron chi connectivity index (χ2n) is 4.92. The fourth-order valence-electron chi connectivity index (χ4n) is 2.51. The Hall–Kier alpha value is -0.870. The molecule has 0 aromatic heterocycles. The maximum absolute atomic E-state index is 10.1. The first-order chi connectivity index (χ1) is 8.78. The fraction of sp³-hybridized carbons (Fsp3) is 0.786. The Morgan fingerprint density at radius 2 is 2.28 bits per heavy atom. The van der Waals surface area contributed by atoms with Crippen LogP contribution in [0.15, 0.2) is 11.6 Å². The molecule has 3 atom stereocenters. The molecule has 0 aromatic carbocycles. The number of rotatable bonds is 8. The molecule has 0 N–H and O–H groups in total. The van der Waals surface area contributed by atoms with Crippen molar-refractivity contribution in [2.24, 2.45) is 0 Å². The number of hydrogen-bond donors (Lipinski definition) is 0. The molecule has 0 bridgehead atoms. The maximum atomic E-state index is 10.1. The summed E-state index contributed by atoms with van der Waals surface area (Å²) < 4.78 is 16.4. The molecule has 1 heterocycles. The minimum absolute atomic E-state index is 0.0832. The van der Waals surface area contributed by atoms with Crippen LogP contribution in [0.1, 0.15) is 39.5 Å². The highest BCUT2D eigenvalue weighted by Gasteiger charge is 2.48. The van der Waals surface area contributed by atoms with Crippen molar-refractivity contribution in [1.82, 2.24) is 0 Å². The molecule has 0 aromatic rings. The van der Waals surface area contributed by atoms with E-state index in [1.54, 1.807) is 0 Å². The van der Waals surface area contributed by atoms with Gasteiger partial charge in [-0.15, -0.1) is 0 Å². The summed E-state index contributed by atoms with van der Waals surface area (Å²) in [4.78, 5) is 10.1. The summed E-state index contributed by atoms with van der Waals surface area (Å²) in [6, 6.07) is 0. The van der Waals surface area contributed by atoms with Gasteiger partial charge in [-0.1, -0.05) is 25.5 Å². The van der Waals surface area contributed by atoms with Crippen molar-refractivity contribution in [3.63, 3.8) is 0 Å². The van der Waals surface area contributed by atoms with E-state index in [0.717, 1.165) is 25.7 Å². The quantitative estimate of drug-likeness (QED) is 0.288. The van der Waals surface area contributed by atoms with Crippen LogP contribution in [0.25, 0.3) is 0 Å². The van der Waals surface area contributed by atoms with Gasteiger partial charge >= 0.3 is 0 Å². The molecule has 4 nitrogen and oxygen atoms in total. The van der Waals surface area contributed by atoms with E-state index in [2.05, 4.69) is 19.9 Å². The van der Waals surface area contributed by atoms with Crippen LogP contribution in [-0.2, 0) is 19.0 Å². The van der Waals surface area contributed by atoms with Crippen molar-refractivity contribution in [1.29, 1.82) is 0 Å². The van der Waals surface area contributed by atoms with Crippen LogP contribution >= 0.6 is 0 Å². The molecule has 2 rings (SSSR count). The summed E-state index contributed by atoms with van der Waals surface area (Å²) >= 11 is 0. The molecule has 1 saturated heterocycles. The Morgan fingerprint density at radius 3 is 2.94 bits per heavy atom. The molecule has 0 spiro atoms.